The molecular weight excluding hydrogens is 232 g/mol. The predicted octanol–water partition coefficient (Wildman–Crippen LogP) is 2.55. The highest BCUT2D eigenvalue weighted by Crippen LogP contribution is 2.32. The number of anilines is 1. The highest BCUT2D eigenvalue weighted by molar-refractivity contribution is 5.93. The number of aromatic carboxylic acids is 1. The summed E-state index contributed by atoms with van der Waals surface area (Å²) in [5, 5.41) is 9.10. The molecule has 2 rings (SSSR count). The van der Waals surface area contributed by atoms with Crippen LogP contribution in [0.1, 0.15) is 27.2 Å². The van der Waals surface area contributed by atoms with Crippen LogP contribution in [0.5, 0.6) is 0 Å². The Hall–Kier alpha value is -2.30. The molecule has 18 heavy (non-hydrogen) atoms. The zero-order chi connectivity index (χ0) is 13.4. The fourth-order valence-corrected chi connectivity index (χ4v) is 2.19. The Balaban J connectivity index is 2.73. The Morgan fingerprint density at radius 3 is 2.33 bits per heavy atom. The molecule has 2 aromatic rings. The second-order valence-electron chi connectivity index (χ2n) is 4.31. The van der Waals surface area contributed by atoms with Crippen molar-refractivity contribution in [3.63, 3.8) is 0 Å². The number of rotatable bonds is 2. The monoisotopic (exact) mass is 246 g/mol. The quantitative estimate of drug-likeness (QED) is 0.849. The van der Waals surface area contributed by atoms with Crippen molar-refractivity contribution in [1.29, 1.82) is 0 Å². The molecule has 94 valence electrons. The van der Waals surface area contributed by atoms with Gasteiger partial charge in [0.25, 0.3) is 6.01 Å². The first kappa shape index (κ1) is 12.2. The maximum Gasteiger partial charge on any atom is 0.358 e. The van der Waals surface area contributed by atoms with Gasteiger partial charge in [0.15, 0.2) is 11.5 Å². The number of nitrogens with two attached hydrogens (primary N) is 1. The lowest BCUT2D eigenvalue weighted by Crippen LogP contribution is -2.01. The van der Waals surface area contributed by atoms with E-state index >= 15 is 0 Å². The third kappa shape index (κ3) is 1.95. The van der Waals surface area contributed by atoms with E-state index in [0.29, 0.717) is 0 Å². The number of nitrogens with zero attached hydrogens (tertiary/aromatic N) is 1. The van der Waals surface area contributed by atoms with Crippen molar-refractivity contribution >= 4 is 12.0 Å². The van der Waals surface area contributed by atoms with Crippen LogP contribution in [0.4, 0.5) is 6.01 Å². The minimum absolute atomic E-state index is 0.137. The van der Waals surface area contributed by atoms with Crippen molar-refractivity contribution in [1.82, 2.24) is 4.98 Å². The molecule has 5 heteroatoms. The summed E-state index contributed by atoms with van der Waals surface area (Å²) in [7, 11) is 0. The first-order chi connectivity index (χ1) is 8.40. The van der Waals surface area contributed by atoms with Gasteiger partial charge in [0, 0.05) is 5.56 Å². The lowest BCUT2D eigenvalue weighted by atomic mass is 9.97. The van der Waals surface area contributed by atoms with E-state index in [1.807, 2.05) is 32.9 Å². The summed E-state index contributed by atoms with van der Waals surface area (Å²) in [6.07, 6.45) is 0. The van der Waals surface area contributed by atoms with Crippen molar-refractivity contribution in [2.24, 2.45) is 0 Å². The van der Waals surface area contributed by atoms with E-state index in [9.17, 15) is 4.79 Å². The maximum atomic E-state index is 11.1. The number of aryl methyl sites for hydroxylation is 3. The molecule has 0 saturated carbocycles. The Morgan fingerprint density at radius 2 is 1.83 bits per heavy atom. The topological polar surface area (TPSA) is 89.4 Å². The van der Waals surface area contributed by atoms with Gasteiger partial charge >= 0.3 is 5.97 Å². The second-order valence-corrected chi connectivity index (χ2v) is 4.31. The number of carboxylic acid groups (broad SMARTS) is 1. The van der Waals surface area contributed by atoms with Gasteiger partial charge in [-0.3, -0.25) is 0 Å². The molecule has 0 bridgehead atoms. The molecule has 1 aromatic carbocycles. The molecule has 0 saturated heterocycles. The number of benzene rings is 1. The van der Waals surface area contributed by atoms with Gasteiger partial charge in [-0.05, 0) is 31.9 Å². The van der Waals surface area contributed by atoms with Crippen LogP contribution in [0.2, 0.25) is 0 Å². The molecule has 0 aliphatic rings. The summed E-state index contributed by atoms with van der Waals surface area (Å²) >= 11 is 0. The number of hydrogen-bond donors (Lipinski definition) is 2. The van der Waals surface area contributed by atoms with Crippen LogP contribution in [0.25, 0.3) is 11.3 Å². The average Bonchev–Trinajstić information content (AvgIpc) is 2.58. The molecular formula is C13H14N2O3. The maximum absolute atomic E-state index is 11.1. The largest absolute Gasteiger partial charge is 0.476 e. The molecule has 0 amide bonds. The number of oxazole rings is 1. The number of nitrogen functional groups attached to an aromatic ring is 1. The molecule has 3 N–H and O–H groups in total. The summed E-state index contributed by atoms with van der Waals surface area (Å²) in [4.78, 5) is 14.8. The van der Waals surface area contributed by atoms with Crippen LogP contribution >= 0.6 is 0 Å². The van der Waals surface area contributed by atoms with Crippen molar-refractivity contribution in [3.8, 4) is 11.3 Å². The molecule has 5 nitrogen and oxygen atoms in total. The highest BCUT2D eigenvalue weighted by Gasteiger charge is 2.22. The Kier molecular flexibility index (Phi) is 2.82. The van der Waals surface area contributed by atoms with Crippen LogP contribution in [-0.4, -0.2) is 16.1 Å². The van der Waals surface area contributed by atoms with E-state index in [1.165, 1.54) is 0 Å². The Morgan fingerprint density at radius 1 is 1.28 bits per heavy atom. The van der Waals surface area contributed by atoms with Crippen LogP contribution < -0.4 is 5.73 Å². The van der Waals surface area contributed by atoms with Crippen LogP contribution in [-0.2, 0) is 0 Å². The number of carbonyl (C=O) groups is 1. The fraction of sp³-hybridized carbons (Fsp3) is 0.231. The van der Waals surface area contributed by atoms with Gasteiger partial charge in [-0.25, -0.2) is 4.79 Å². The van der Waals surface area contributed by atoms with Crippen LogP contribution in [0, 0.1) is 20.8 Å². The lowest BCUT2D eigenvalue weighted by Gasteiger charge is -2.09. The van der Waals surface area contributed by atoms with E-state index in [4.69, 9.17) is 15.3 Å². The number of hydrogen-bond acceptors (Lipinski definition) is 4. The van der Waals surface area contributed by atoms with Gasteiger partial charge in [-0.15, -0.1) is 0 Å². The zero-order valence-electron chi connectivity index (χ0n) is 10.4. The van der Waals surface area contributed by atoms with Gasteiger partial charge in [0.2, 0.25) is 0 Å². The minimum atomic E-state index is -1.15. The predicted molar refractivity (Wildman–Crippen MR) is 67.5 cm³/mol. The van der Waals surface area contributed by atoms with Gasteiger partial charge in [-0.1, -0.05) is 17.7 Å². The van der Waals surface area contributed by atoms with E-state index in [1.54, 1.807) is 0 Å². The number of carboxylic acids is 1. The van der Waals surface area contributed by atoms with Crippen molar-refractivity contribution in [3.05, 3.63) is 34.5 Å². The zero-order valence-corrected chi connectivity index (χ0v) is 10.4. The van der Waals surface area contributed by atoms with Gasteiger partial charge < -0.3 is 15.3 Å². The molecule has 0 fully saturated rings. The molecule has 1 aromatic heterocycles. The molecule has 0 radical (unpaired) electrons. The molecule has 0 unspecified atom stereocenters. The third-order valence-electron chi connectivity index (χ3n) is 2.75. The van der Waals surface area contributed by atoms with E-state index in [0.717, 1.165) is 22.3 Å². The highest BCUT2D eigenvalue weighted by atomic mass is 16.4. The first-order valence-corrected chi connectivity index (χ1v) is 5.48. The summed E-state index contributed by atoms with van der Waals surface area (Å²) in [6, 6.07) is 3.79. The van der Waals surface area contributed by atoms with Crippen LogP contribution in [0.15, 0.2) is 16.5 Å². The van der Waals surface area contributed by atoms with Crippen molar-refractivity contribution in [2.45, 2.75) is 20.8 Å². The summed E-state index contributed by atoms with van der Waals surface area (Å²) in [6.45, 7) is 5.79. The van der Waals surface area contributed by atoms with E-state index in [2.05, 4.69) is 4.98 Å². The molecule has 0 atom stereocenters. The van der Waals surface area contributed by atoms with Crippen molar-refractivity contribution < 1.29 is 14.3 Å². The molecule has 0 spiro atoms. The Labute approximate surface area is 104 Å². The van der Waals surface area contributed by atoms with Gasteiger partial charge in [0.1, 0.15) is 0 Å². The third-order valence-corrected chi connectivity index (χ3v) is 2.75. The summed E-state index contributed by atoms with van der Waals surface area (Å²) in [5.41, 5.74) is 9.01. The summed E-state index contributed by atoms with van der Waals surface area (Å²) in [5.74, 6) is -0.931. The number of aromatic nitrogens is 1. The molecule has 0 aliphatic heterocycles. The average molecular weight is 246 g/mol. The van der Waals surface area contributed by atoms with E-state index < -0.39 is 5.97 Å². The summed E-state index contributed by atoms with van der Waals surface area (Å²) < 4.78 is 5.25. The SMILES string of the molecule is Cc1cc(C)c(-c2oc(N)nc2C(=O)O)c(C)c1. The van der Waals surface area contributed by atoms with E-state index in [-0.39, 0.29) is 17.5 Å². The second kappa shape index (κ2) is 4.18. The molecule has 1 heterocycles. The van der Waals surface area contributed by atoms with Gasteiger partial charge in [0.05, 0.1) is 0 Å². The lowest BCUT2D eigenvalue weighted by molar-refractivity contribution is 0.0691. The van der Waals surface area contributed by atoms with Crippen molar-refractivity contribution in [2.75, 3.05) is 5.73 Å². The Bertz CT molecular complexity index is 606. The minimum Gasteiger partial charge on any atom is -0.476 e. The van der Waals surface area contributed by atoms with Gasteiger partial charge in [-0.2, -0.15) is 4.98 Å². The fourth-order valence-electron chi connectivity index (χ4n) is 2.19. The van der Waals surface area contributed by atoms with Crippen LogP contribution in [0.3, 0.4) is 0 Å². The normalized spacial score (nSPS) is 10.6. The smallest absolute Gasteiger partial charge is 0.358 e. The first-order valence-electron chi connectivity index (χ1n) is 5.48. The molecule has 0 aliphatic carbocycles. The standard InChI is InChI=1S/C13H14N2O3/c1-6-4-7(2)9(8(3)5-6)11-10(12(16)17)15-13(14)18-11/h4-5H,1-3H3,(H2,14,15)(H,16,17).